The van der Waals surface area contributed by atoms with Crippen LogP contribution in [0.15, 0.2) is 78.9 Å². The number of amides is 2. The lowest BCUT2D eigenvalue weighted by Crippen LogP contribution is -2.53. The molecular formula is C31H32N8O2. The number of hydrogen-bond donors (Lipinski definition) is 2. The molecule has 2 amide bonds. The Bertz CT molecular complexity index is 1720. The summed E-state index contributed by atoms with van der Waals surface area (Å²) in [5.74, 6) is 0.553. The van der Waals surface area contributed by atoms with Crippen molar-refractivity contribution in [2.45, 2.75) is 32.7 Å². The van der Waals surface area contributed by atoms with E-state index in [2.05, 4.69) is 63.9 Å². The molecule has 3 heterocycles. The first-order chi connectivity index (χ1) is 20.0. The molecule has 10 nitrogen and oxygen atoms in total. The van der Waals surface area contributed by atoms with Crippen LogP contribution in [0.5, 0.6) is 0 Å². The van der Waals surface area contributed by atoms with Crippen molar-refractivity contribution >= 4 is 40.0 Å². The van der Waals surface area contributed by atoms with Crippen LogP contribution in [0.25, 0.3) is 27.9 Å². The third-order valence-electron chi connectivity index (χ3n) is 7.40. The van der Waals surface area contributed by atoms with Crippen LogP contribution in [-0.4, -0.2) is 62.0 Å². The number of carbonyl (C=O) groups is 2. The van der Waals surface area contributed by atoms with Gasteiger partial charge in [-0.05, 0) is 43.7 Å². The summed E-state index contributed by atoms with van der Waals surface area (Å²) >= 11 is 0. The summed E-state index contributed by atoms with van der Waals surface area (Å²) in [6.45, 7) is 6.23. The number of piperazine rings is 1. The molecule has 1 fully saturated rings. The van der Waals surface area contributed by atoms with Gasteiger partial charge in [-0.1, -0.05) is 54.6 Å². The molecule has 0 aliphatic carbocycles. The van der Waals surface area contributed by atoms with Gasteiger partial charge in [0.25, 0.3) is 0 Å². The molecule has 1 aliphatic rings. The highest BCUT2D eigenvalue weighted by Crippen LogP contribution is 2.24. The largest absolute Gasteiger partial charge is 0.365 e. The normalized spacial score (nSPS) is 15.3. The monoisotopic (exact) mass is 548 g/mol. The first kappa shape index (κ1) is 26.2. The van der Waals surface area contributed by atoms with Gasteiger partial charge >= 0.3 is 0 Å². The summed E-state index contributed by atoms with van der Waals surface area (Å²) in [7, 11) is 0. The van der Waals surface area contributed by atoms with Gasteiger partial charge in [0.15, 0.2) is 11.5 Å². The Morgan fingerprint density at radius 3 is 2.54 bits per heavy atom. The number of aromatic nitrogens is 4. The standard InChI is InChI=1S/C31H32N8O2/c1-21-9-8-12-24(19-21)38-18-17-37(20-22(38)2)28(41)16-15-27(40)34-35-31-32-26-14-7-6-13-25(26)30-33-29(36-39(30)31)23-10-4-3-5-11-23/h3-14,19,22H,15-18,20H2,1-2H3,(H,32,35)(H,34,40)/t22-/m0/s1. The van der Waals surface area contributed by atoms with Gasteiger partial charge in [-0.25, -0.2) is 9.97 Å². The first-order valence-electron chi connectivity index (χ1n) is 13.8. The van der Waals surface area contributed by atoms with Crippen LogP contribution in [0, 0.1) is 6.92 Å². The summed E-state index contributed by atoms with van der Waals surface area (Å²) in [6.07, 6.45) is 0.189. The minimum atomic E-state index is -0.309. The van der Waals surface area contributed by atoms with E-state index in [0.717, 1.165) is 23.0 Å². The van der Waals surface area contributed by atoms with Crippen molar-refractivity contribution in [3.63, 3.8) is 0 Å². The summed E-state index contributed by atoms with van der Waals surface area (Å²) in [4.78, 5) is 39.3. The number of nitrogens with zero attached hydrogens (tertiary/aromatic N) is 6. The second kappa shape index (κ2) is 11.2. The molecule has 1 atom stereocenters. The number of benzene rings is 3. The molecule has 0 unspecified atom stereocenters. The first-order valence-corrected chi connectivity index (χ1v) is 13.8. The lowest BCUT2D eigenvalue weighted by Gasteiger charge is -2.41. The Kier molecular flexibility index (Phi) is 7.20. The zero-order valence-electron chi connectivity index (χ0n) is 23.1. The summed E-state index contributed by atoms with van der Waals surface area (Å²) in [6, 6.07) is 26.0. The molecule has 2 aromatic heterocycles. The van der Waals surface area contributed by atoms with E-state index in [0.29, 0.717) is 30.5 Å². The molecule has 10 heteroatoms. The fourth-order valence-corrected chi connectivity index (χ4v) is 5.29. The number of nitrogens with one attached hydrogen (secondary N) is 2. The number of aryl methyl sites for hydroxylation is 1. The van der Waals surface area contributed by atoms with E-state index < -0.39 is 0 Å². The van der Waals surface area contributed by atoms with E-state index in [4.69, 9.17) is 4.98 Å². The van der Waals surface area contributed by atoms with Gasteiger partial charge < -0.3 is 9.80 Å². The molecule has 5 aromatic rings. The van der Waals surface area contributed by atoms with Gasteiger partial charge in [-0.3, -0.25) is 20.4 Å². The lowest BCUT2D eigenvalue weighted by atomic mass is 10.1. The highest BCUT2D eigenvalue weighted by Gasteiger charge is 2.27. The van der Waals surface area contributed by atoms with Crippen LogP contribution in [0.3, 0.4) is 0 Å². The molecule has 2 N–H and O–H groups in total. The number of fused-ring (bicyclic) bond motifs is 3. The van der Waals surface area contributed by atoms with Gasteiger partial charge in [0.1, 0.15) is 0 Å². The highest BCUT2D eigenvalue weighted by atomic mass is 16.2. The third-order valence-corrected chi connectivity index (χ3v) is 7.40. The molecular weight excluding hydrogens is 516 g/mol. The zero-order valence-corrected chi connectivity index (χ0v) is 23.1. The quantitative estimate of drug-likeness (QED) is 0.293. The summed E-state index contributed by atoms with van der Waals surface area (Å²) in [5, 5.41) is 5.50. The number of para-hydroxylation sites is 1. The summed E-state index contributed by atoms with van der Waals surface area (Å²) in [5.41, 5.74) is 10.2. The Labute approximate surface area is 238 Å². The SMILES string of the molecule is Cc1cccc(N2CCN(C(=O)CCC(=O)NNc3nc4ccccc4c4nc(-c5ccccc5)nn34)C[C@@H]2C)c1. The predicted molar refractivity (Wildman–Crippen MR) is 159 cm³/mol. The number of hydrazine groups is 1. The average molecular weight is 549 g/mol. The lowest BCUT2D eigenvalue weighted by molar-refractivity contribution is -0.134. The van der Waals surface area contributed by atoms with E-state index in [1.807, 2.05) is 59.5 Å². The minimum absolute atomic E-state index is 0.0223. The van der Waals surface area contributed by atoms with Crippen molar-refractivity contribution in [2.75, 3.05) is 30.0 Å². The molecule has 0 spiro atoms. The summed E-state index contributed by atoms with van der Waals surface area (Å²) < 4.78 is 1.59. The van der Waals surface area contributed by atoms with E-state index in [9.17, 15) is 9.59 Å². The van der Waals surface area contributed by atoms with E-state index >= 15 is 0 Å². The fraction of sp³-hybridized carbons (Fsp3) is 0.258. The van der Waals surface area contributed by atoms with E-state index in [-0.39, 0.29) is 30.7 Å². The van der Waals surface area contributed by atoms with Gasteiger partial charge in [0.2, 0.25) is 17.8 Å². The minimum Gasteiger partial charge on any atom is -0.365 e. The second-order valence-corrected chi connectivity index (χ2v) is 10.4. The molecule has 6 rings (SSSR count). The van der Waals surface area contributed by atoms with Crippen LogP contribution in [0.1, 0.15) is 25.3 Å². The molecule has 0 bridgehead atoms. The fourth-order valence-electron chi connectivity index (χ4n) is 5.29. The second-order valence-electron chi connectivity index (χ2n) is 10.4. The maximum absolute atomic E-state index is 13.0. The number of hydrogen-bond acceptors (Lipinski definition) is 7. The molecule has 208 valence electrons. The van der Waals surface area contributed by atoms with E-state index in [1.54, 1.807) is 4.52 Å². The Hall–Kier alpha value is -4.99. The van der Waals surface area contributed by atoms with Crippen molar-refractivity contribution < 1.29 is 9.59 Å². The zero-order chi connectivity index (χ0) is 28.3. The maximum Gasteiger partial charge on any atom is 0.245 e. The van der Waals surface area contributed by atoms with Crippen LogP contribution in [-0.2, 0) is 9.59 Å². The smallest absolute Gasteiger partial charge is 0.245 e. The average Bonchev–Trinajstić information content (AvgIpc) is 3.45. The van der Waals surface area contributed by atoms with Crippen LogP contribution >= 0.6 is 0 Å². The van der Waals surface area contributed by atoms with Crippen molar-refractivity contribution in [2.24, 2.45) is 0 Å². The molecule has 3 aromatic carbocycles. The van der Waals surface area contributed by atoms with Crippen LogP contribution in [0.4, 0.5) is 11.6 Å². The third kappa shape index (κ3) is 5.54. The topological polar surface area (TPSA) is 108 Å². The highest BCUT2D eigenvalue weighted by molar-refractivity contribution is 5.93. The molecule has 1 aliphatic heterocycles. The number of anilines is 2. The Morgan fingerprint density at radius 2 is 1.73 bits per heavy atom. The predicted octanol–water partition coefficient (Wildman–Crippen LogP) is 4.21. The number of carbonyl (C=O) groups excluding carboxylic acids is 2. The van der Waals surface area contributed by atoms with Gasteiger partial charge in [-0.2, -0.15) is 4.52 Å². The van der Waals surface area contributed by atoms with Crippen LogP contribution in [0.2, 0.25) is 0 Å². The Morgan fingerprint density at radius 1 is 0.927 bits per heavy atom. The van der Waals surface area contributed by atoms with Gasteiger partial charge in [0.05, 0.1) is 5.52 Å². The molecule has 1 saturated heterocycles. The number of rotatable bonds is 7. The van der Waals surface area contributed by atoms with Crippen molar-refractivity contribution in [3.8, 4) is 11.4 Å². The van der Waals surface area contributed by atoms with Crippen molar-refractivity contribution in [1.82, 2.24) is 29.9 Å². The van der Waals surface area contributed by atoms with Crippen LogP contribution < -0.4 is 15.8 Å². The van der Waals surface area contributed by atoms with E-state index in [1.165, 1.54) is 11.3 Å². The van der Waals surface area contributed by atoms with Crippen molar-refractivity contribution in [1.29, 1.82) is 0 Å². The van der Waals surface area contributed by atoms with Crippen molar-refractivity contribution in [3.05, 3.63) is 84.4 Å². The van der Waals surface area contributed by atoms with Gasteiger partial charge in [0, 0.05) is 55.2 Å². The maximum atomic E-state index is 13.0. The molecule has 0 saturated carbocycles. The Balaban J connectivity index is 1.09. The molecule has 0 radical (unpaired) electrons. The molecule has 41 heavy (non-hydrogen) atoms. The van der Waals surface area contributed by atoms with Gasteiger partial charge in [-0.15, -0.1) is 5.10 Å².